The molecule has 1 fully saturated rings. The van der Waals surface area contributed by atoms with Crippen LogP contribution in [0.3, 0.4) is 0 Å². The maximum absolute atomic E-state index is 5.82. The van der Waals surface area contributed by atoms with Crippen molar-refractivity contribution in [2.75, 3.05) is 23.3 Å². The minimum atomic E-state index is 0. The lowest BCUT2D eigenvalue weighted by atomic mass is 9.78. The summed E-state index contributed by atoms with van der Waals surface area (Å²) in [6.45, 7) is 0.762. The molecule has 0 amide bonds. The smallest absolute Gasteiger partial charge is 0.222 e. The highest BCUT2D eigenvalue weighted by Crippen LogP contribution is 2.35. The monoisotopic (exact) mass is 378 g/mol. The molecule has 1 saturated carbocycles. The Morgan fingerprint density at radius 2 is 2.09 bits per heavy atom. The van der Waals surface area contributed by atoms with Gasteiger partial charge in [-0.25, -0.2) is 4.98 Å². The van der Waals surface area contributed by atoms with Crippen molar-refractivity contribution >= 4 is 48.3 Å². The number of rotatable bonds is 6. The number of thioether (sulfide) groups is 1. The number of hydrogen-bond acceptors (Lipinski definition) is 8. The summed E-state index contributed by atoms with van der Waals surface area (Å²) >= 11 is 1.62. The lowest BCUT2D eigenvalue weighted by Gasteiger charge is -2.32. The van der Waals surface area contributed by atoms with Gasteiger partial charge in [-0.1, -0.05) is 0 Å². The minimum Gasteiger partial charge on any atom is -0.369 e. The van der Waals surface area contributed by atoms with Crippen molar-refractivity contribution in [3.05, 3.63) is 18.0 Å². The molecule has 1 aliphatic carbocycles. The number of aromatic amines is 1. The molecule has 128 valence electrons. The summed E-state index contributed by atoms with van der Waals surface area (Å²) in [7, 11) is 0. The maximum Gasteiger partial charge on any atom is 0.222 e. The molecule has 6 N–H and O–H groups in total. The second-order valence-electron chi connectivity index (χ2n) is 5.05. The summed E-state index contributed by atoms with van der Waals surface area (Å²) in [4.78, 5) is 8.51. The van der Waals surface area contributed by atoms with E-state index >= 15 is 0 Å². The first-order chi connectivity index (χ1) is 10.2. The molecule has 1 aliphatic rings. The Hall–Kier alpha value is -1.29. The van der Waals surface area contributed by atoms with Crippen molar-refractivity contribution in [3.8, 4) is 0 Å². The quantitative estimate of drug-likeness (QED) is 0.438. The van der Waals surface area contributed by atoms with E-state index in [1.807, 2.05) is 6.07 Å². The Bertz CT molecular complexity index is 591. The van der Waals surface area contributed by atoms with Crippen molar-refractivity contribution in [2.45, 2.75) is 29.8 Å². The van der Waals surface area contributed by atoms with Gasteiger partial charge in [-0.05, 0) is 12.8 Å². The molecule has 8 nitrogen and oxygen atoms in total. The topological polar surface area (TPSA) is 131 Å². The lowest BCUT2D eigenvalue weighted by Crippen LogP contribution is -2.35. The van der Waals surface area contributed by atoms with Crippen molar-refractivity contribution in [2.24, 2.45) is 5.73 Å². The number of halogens is 2. The Kier molecular flexibility index (Phi) is 7.83. The third-order valence-electron chi connectivity index (χ3n) is 3.41. The average Bonchev–Trinajstić information content (AvgIpc) is 2.93. The molecule has 0 atom stereocenters. The highest BCUT2D eigenvalue weighted by atomic mass is 35.5. The standard InChI is InChI=1S/C12H18N8S.2ClH/c13-8-3-7(4-8)9-5-10(18-12(14)17-9)15-1-2-21-11-6-16-20-19-11;;/h5-8H,1-4,13H2,(H,16,19,20)(H3,14,15,17,18);2*1H. The van der Waals surface area contributed by atoms with Crippen LogP contribution in [0, 0.1) is 0 Å². The van der Waals surface area contributed by atoms with Gasteiger partial charge in [-0.3, -0.25) is 0 Å². The zero-order chi connectivity index (χ0) is 14.7. The van der Waals surface area contributed by atoms with Gasteiger partial charge in [0.1, 0.15) is 10.8 Å². The van der Waals surface area contributed by atoms with Crippen molar-refractivity contribution < 1.29 is 0 Å². The predicted octanol–water partition coefficient (Wildman–Crippen LogP) is 1.43. The molecule has 2 aromatic heterocycles. The van der Waals surface area contributed by atoms with E-state index in [2.05, 4.69) is 30.7 Å². The van der Waals surface area contributed by atoms with E-state index in [4.69, 9.17) is 11.5 Å². The van der Waals surface area contributed by atoms with Gasteiger partial charge in [0.25, 0.3) is 0 Å². The van der Waals surface area contributed by atoms with Gasteiger partial charge in [0.05, 0.1) is 11.9 Å². The van der Waals surface area contributed by atoms with E-state index < -0.39 is 0 Å². The lowest BCUT2D eigenvalue weighted by molar-refractivity contribution is 0.345. The molecule has 2 heterocycles. The van der Waals surface area contributed by atoms with Crippen molar-refractivity contribution in [3.63, 3.8) is 0 Å². The van der Waals surface area contributed by atoms with Crippen LogP contribution in [-0.4, -0.2) is 43.7 Å². The number of nitrogen functional groups attached to an aromatic ring is 1. The number of nitrogens with zero attached hydrogens (tertiary/aromatic N) is 4. The summed E-state index contributed by atoms with van der Waals surface area (Å²) in [5.41, 5.74) is 12.6. The summed E-state index contributed by atoms with van der Waals surface area (Å²) in [5.74, 6) is 2.34. The minimum absolute atomic E-state index is 0. The van der Waals surface area contributed by atoms with E-state index in [0.29, 0.717) is 17.9 Å². The fraction of sp³-hybridized carbons (Fsp3) is 0.500. The number of anilines is 2. The Morgan fingerprint density at radius 1 is 1.30 bits per heavy atom. The number of nitrogens with one attached hydrogen (secondary N) is 2. The molecule has 0 unspecified atom stereocenters. The van der Waals surface area contributed by atoms with Gasteiger partial charge < -0.3 is 16.8 Å². The van der Waals surface area contributed by atoms with E-state index in [9.17, 15) is 0 Å². The summed E-state index contributed by atoms with van der Waals surface area (Å²) in [6, 6.07) is 2.26. The normalized spacial score (nSPS) is 19.2. The van der Waals surface area contributed by atoms with Crippen LogP contribution in [0.1, 0.15) is 24.5 Å². The molecule has 3 rings (SSSR count). The van der Waals surface area contributed by atoms with Crippen LogP contribution in [0.4, 0.5) is 11.8 Å². The third kappa shape index (κ3) is 5.38. The van der Waals surface area contributed by atoms with E-state index in [0.717, 1.165) is 41.7 Å². The highest BCUT2D eigenvalue weighted by molar-refractivity contribution is 7.99. The largest absolute Gasteiger partial charge is 0.369 e. The second kappa shape index (κ2) is 9.11. The summed E-state index contributed by atoms with van der Waals surface area (Å²) in [5, 5.41) is 14.5. The molecule has 0 aliphatic heterocycles. The zero-order valence-corrected chi connectivity index (χ0v) is 14.8. The Labute approximate surface area is 150 Å². The van der Waals surface area contributed by atoms with Crippen LogP contribution >= 0.6 is 36.6 Å². The third-order valence-corrected chi connectivity index (χ3v) is 4.31. The molecule has 0 aromatic carbocycles. The van der Waals surface area contributed by atoms with Crippen molar-refractivity contribution in [1.29, 1.82) is 0 Å². The summed E-state index contributed by atoms with van der Waals surface area (Å²) in [6.07, 6.45) is 3.64. The predicted molar refractivity (Wildman–Crippen MR) is 96.5 cm³/mol. The molecular formula is C12H20Cl2N8S. The number of aromatic nitrogens is 5. The van der Waals surface area contributed by atoms with Gasteiger partial charge in [-0.15, -0.1) is 41.7 Å². The fourth-order valence-electron chi connectivity index (χ4n) is 2.28. The Morgan fingerprint density at radius 3 is 2.74 bits per heavy atom. The van der Waals surface area contributed by atoms with Crippen LogP contribution in [0.15, 0.2) is 17.3 Å². The Balaban J connectivity index is 0.00000132. The first-order valence-corrected chi connectivity index (χ1v) is 7.82. The summed E-state index contributed by atoms with van der Waals surface area (Å²) < 4.78 is 0. The van der Waals surface area contributed by atoms with Gasteiger partial charge in [0, 0.05) is 30.3 Å². The number of hydrogen-bond donors (Lipinski definition) is 4. The van der Waals surface area contributed by atoms with Gasteiger partial charge in [-0.2, -0.15) is 15.3 Å². The number of nitrogens with two attached hydrogens (primary N) is 2. The molecule has 23 heavy (non-hydrogen) atoms. The SMILES string of the molecule is Cl.Cl.Nc1nc(NCCSc2cn[nH]n2)cc(C2CC(N)C2)n1. The average molecular weight is 379 g/mol. The zero-order valence-electron chi connectivity index (χ0n) is 12.3. The number of H-pyrrole nitrogens is 1. The van der Waals surface area contributed by atoms with Crippen molar-refractivity contribution in [1.82, 2.24) is 25.4 Å². The van der Waals surface area contributed by atoms with E-state index in [1.165, 1.54) is 0 Å². The molecule has 0 saturated heterocycles. The van der Waals surface area contributed by atoms with Gasteiger partial charge in [0.2, 0.25) is 5.95 Å². The first-order valence-electron chi connectivity index (χ1n) is 6.83. The molecular weight excluding hydrogens is 359 g/mol. The molecule has 2 aromatic rings. The molecule has 11 heteroatoms. The highest BCUT2D eigenvalue weighted by Gasteiger charge is 2.29. The van der Waals surface area contributed by atoms with Gasteiger partial charge >= 0.3 is 0 Å². The van der Waals surface area contributed by atoms with Crippen LogP contribution in [0.2, 0.25) is 0 Å². The van der Waals surface area contributed by atoms with E-state index in [1.54, 1.807) is 18.0 Å². The molecule has 0 bridgehead atoms. The molecule has 0 spiro atoms. The van der Waals surface area contributed by atoms with Crippen LogP contribution in [-0.2, 0) is 0 Å². The maximum atomic E-state index is 5.82. The second-order valence-corrected chi connectivity index (χ2v) is 6.16. The van der Waals surface area contributed by atoms with Crippen LogP contribution in [0.25, 0.3) is 0 Å². The fourth-order valence-corrected chi connectivity index (χ4v) is 2.93. The first kappa shape index (κ1) is 19.8. The van der Waals surface area contributed by atoms with Gasteiger partial charge in [0.15, 0.2) is 0 Å². The van der Waals surface area contributed by atoms with E-state index in [-0.39, 0.29) is 24.8 Å². The molecule has 0 radical (unpaired) electrons. The van der Waals surface area contributed by atoms with Crippen LogP contribution in [0.5, 0.6) is 0 Å². The van der Waals surface area contributed by atoms with Crippen LogP contribution < -0.4 is 16.8 Å².